The first kappa shape index (κ1) is 12.1. The molecule has 0 N–H and O–H groups in total. The first-order chi connectivity index (χ1) is 7.22. The Balaban J connectivity index is 2.36. The smallest absolute Gasteiger partial charge is 0.119 e. The first-order valence-electron chi connectivity index (χ1n) is 5.43. The lowest BCUT2D eigenvalue weighted by Gasteiger charge is -2.08. The van der Waals surface area contributed by atoms with Crippen LogP contribution in [0, 0.1) is 5.92 Å². The van der Waals surface area contributed by atoms with Crippen LogP contribution in [0.2, 0.25) is 0 Å². The fraction of sp³-hybridized carbons (Fsp3) is 0.538. The summed E-state index contributed by atoms with van der Waals surface area (Å²) in [6.45, 7) is 5.85. The maximum atomic E-state index is 5.61. The molecule has 0 bridgehead atoms. The molecule has 0 aliphatic carbocycles. The van der Waals surface area contributed by atoms with Gasteiger partial charge in [-0.1, -0.05) is 26.0 Å². The summed E-state index contributed by atoms with van der Waals surface area (Å²) in [5.74, 6) is 1.63. The number of methoxy groups -OCH3 is 1. The van der Waals surface area contributed by atoms with Crippen molar-refractivity contribution >= 4 is 0 Å². The van der Waals surface area contributed by atoms with Crippen molar-refractivity contribution in [2.24, 2.45) is 5.92 Å². The van der Waals surface area contributed by atoms with Gasteiger partial charge in [0, 0.05) is 7.11 Å². The zero-order valence-electron chi connectivity index (χ0n) is 9.82. The standard InChI is InChI=1S/C13H20O2/c1-11(2)8-9-15-13-6-4-12(5-7-13)10-14-3/h4-7,11H,8-10H2,1-3H3. The zero-order valence-corrected chi connectivity index (χ0v) is 9.82. The highest BCUT2D eigenvalue weighted by molar-refractivity contribution is 5.26. The Hall–Kier alpha value is -1.02. The van der Waals surface area contributed by atoms with E-state index in [1.54, 1.807) is 7.11 Å². The second-order valence-corrected chi connectivity index (χ2v) is 4.11. The van der Waals surface area contributed by atoms with E-state index >= 15 is 0 Å². The number of hydrogen-bond donors (Lipinski definition) is 0. The maximum absolute atomic E-state index is 5.61. The molecule has 2 heteroatoms. The van der Waals surface area contributed by atoms with Gasteiger partial charge < -0.3 is 9.47 Å². The van der Waals surface area contributed by atoms with Gasteiger partial charge in [-0.05, 0) is 30.0 Å². The second-order valence-electron chi connectivity index (χ2n) is 4.11. The minimum absolute atomic E-state index is 0.659. The Kier molecular flexibility index (Phi) is 5.19. The minimum Gasteiger partial charge on any atom is -0.494 e. The van der Waals surface area contributed by atoms with Gasteiger partial charge in [0.25, 0.3) is 0 Å². The van der Waals surface area contributed by atoms with Crippen LogP contribution in [0.25, 0.3) is 0 Å². The quantitative estimate of drug-likeness (QED) is 0.714. The molecule has 0 unspecified atom stereocenters. The summed E-state index contributed by atoms with van der Waals surface area (Å²) in [6.07, 6.45) is 1.10. The number of benzene rings is 1. The molecule has 0 fully saturated rings. The lowest BCUT2D eigenvalue weighted by atomic mass is 10.1. The molecule has 2 nitrogen and oxygen atoms in total. The van der Waals surface area contributed by atoms with Crippen molar-refractivity contribution in [2.45, 2.75) is 26.9 Å². The summed E-state index contributed by atoms with van der Waals surface area (Å²) in [4.78, 5) is 0. The number of ether oxygens (including phenoxy) is 2. The predicted octanol–water partition coefficient (Wildman–Crippen LogP) is 3.26. The van der Waals surface area contributed by atoms with Gasteiger partial charge in [-0.3, -0.25) is 0 Å². The minimum atomic E-state index is 0.659. The van der Waals surface area contributed by atoms with Gasteiger partial charge in [-0.2, -0.15) is 0 Å². The van der Waals surface area contributed by atoms with E-state index in [1.165, 1.54) is 5.56 Å². The Bertz CT molecular complexity index is 264. The molecule has 1 aromatic rings. The highest BCUT2D eigenvalue weighted by Crippen LogP contribution is 2.13. The van der Waals surface area contributed by atoms with Crippen molar-refractivity contribution in [3.8, 4) is 5.75 Å². The van der Waals surface area contributed by atoms with Gasteiger partial charge >= 0.3 is 0 Å². The second kappa shape index (κ2) is 6.46. The van der Waals surface area contributed by atoms with Crippen LogP contribution in [0.4, 0.5) is 0 Å². The van der Waals surface area contributed by atoms with Crippen molar-refractivity contribution in [3.63, 3.8) is 0 Å². The van der Waals surface area contributed by atoms with E-state index in [4.69, 9.17) is 9.47 Å². The Morgan fingerprint density at radius 2 is 1.80 bits per heavy atom. The molecule has 84 valence electrons. The summed E-state index contributed by atoms with van der Waals surface area (Å²) in [6, 6.07) is 8.06. The lowest BCUT2D eigenvalue weighted by Crippen LogP contribution is -2.01. The highest BCUT2D eigenvalue weighted by atomic mass is 16.5. The van der Waals surface area contributed by atoms with E-state index in [1.807, 2.05) is 24.3 Å². The molecular weight excluding hydrogens is 188 g/mol. The maximum Gasteiger partial charge on any atom is 0.119 e. The molecular formula is C13H20O2. The normalized spacial score (nSPS) is 10.7. The van der Waals surface area contributed by atoms with Crippen molar-refractivity contribution in [3.05, 3.63) is 29.8 Å². The van der Waals surface area contributed by atoms with Gasteiger partial charge in [0.2, 0.25) is 0 Å². The van der Waals surface area contributed by atoms with Crippen LogP contribution < -0.4 is 4.74 Å². The van der Waals surface area contributed by atoms with Crippen molar-refractivity contribution < 1.29 is 9.47 Å². The summed E-state index contributed by atoms with van der Waals surface area (Å²) in [5, 5.41) is 0. The van der Waals surface area contributed by atoms with Crippen LogP contribution in [0.1, 0.15) is 25.8 Å². The SMILES string of the molecule is COCc1ccc(OCCC(C)C)cc1. The summed E-state index contributed by atoms with van der Waals surface area (Å²) >= 11 is 0. The molecule has 0 amide bonds. The van der Waals surface area contributed by atoms with Gasteiger partial charge in [0.15, 0.2) is 0 Å². The first-order valence-corrected chi connectivity index (χ1v) is 5.43. The average molecular weight is 208 g/mol. The summed E-state index contributed by atoms with van der Waals surface area (Å²) in [7, 11) is 1.70. The van der Waals surface area contributed by atoms with Crippen molar-refractivity contribution in [1.82, 2.24) is 0 Å². The number of rotatable bonds is 6. The third-order valence-corrected chi connectivity index (χ3v) is 2.20. The van der Waals surface area contributed by atoms with Crippen LogP contribution in [0.3, 0.4) is 0 Å². The largest absolute Gasteiger partial charge is 0.494 e. The van der Waals surface area contributed by atoms with Crippen LogP contribution >= 0.6 is 0 Å². The van der Waals surface area contributed by atoms with Crippen LogP contribution in [0.5, 0.6) is 5.75 Å². The predicted molar refractivity (Wildman–Crippen MR) is 62.1 cm³/mol. The van der Waals surface area contributed by atoms with Crippen molar-refractivity contribution in [1.29, 1.82) is 0 Å². The fourth-order valence-electron chi connectivity index (χ4n) is 1.26. The van der Waals surface area contributed by atoms with E-state index in [0.29, 0.717) is 12.5 Å². The number of hydrogen-bond acceptors (Lipinski definition) is 2. The Labute approximate surface area is 92.2 Å². The third kappa shape index (κ3) is 4.84. The molecule has 1 aromatic carbocycles. The molecule has 0 aliphatic rings. The summed E-state index contributed by atoms with van der Waals surface area (Å²) < 4.78 is 10.6. The van der Waals surface area contributed by atoms with Crippen LogP contribution in [0.15, 0.2) is 24.3 Å². The van der Waals surface area contributed by atoms with E-state index < -0.39 is 0 Å². The molecule has 0 spiro atoms. The molecule has 0 aromatic heterocycles. The van der Waals surface area contributed by atoms with Crippen LogP contribution in [-0.2, 0) is 11.3 Å². The van der Waals surface area contributed by atoms with E-state index in [9.17, 15) is 0 Å². The molecule has 15 heavy (non-hydrogen) atoms. The van der Waals surface area contributed by atoms with Gasteiger partial charge in [0.05, 0.1) is 13.2 Å². The third-order valence-electron chi connectivity index (χ3n) is 2.20. The van der Waals surface area contributed by atoms with Crippen molar-refractivity contribution in [2.75, 3.05) is 13.7 Å². The fourth-order valence-corrected chi connectivity index (χ4v) is 1.26. The molecule has 0 aliphatic heterocycles. The van der Waals surface area contributed by atoms with Gasteiger partial charge in [-0.15, -0.1) is 0 Å². The van der Waals surface area contributed by atoms with Crippen LogP contribution in [-0.4, -0.2) is 13.7 Å². The molecule has 0 heterocycles. The summed E-state index contributed by atoms with van der Waals surface area (Å²) in [5.41, 5.74) is 1.17. The molecule has 1 rings (SSSR count). The molecule has 0 radical (unpaired) electrons. The Morgan fingerprint density at radius 3 is 2.33 bits per heavy atom. The molecule has 0 atom stereocenters. The zero-order chi connectivity index (χ0) is 11.1. The Morgan fingerprint density at radius 1 is 1.13 bits per heavy atom. The monoisotopic (exact) mass is 208 g/mol. The topological polar surface area (TPSA) is 18.5 Å². The van der Waals surface area contributed by atoms with E-state index in [0.717, 1.165) is 18.8 Å². The molecule has 0 saturated heterocycles. The highest BCUT2D eigenvalue weighted by Gasteiger charge is 1.97. The average Bonchev–Trinajstić information content (AvgIpc) is 2.20. The van der Waals surface area contributed by atoms with E-state index in [-0.39, 0.29) is 0 Å². The van der Waals surface area contributed by atoms with Gasteiger partial charge in [-0.25, -0.2) is 0 Å². The van der Waals surface area contributed by atoms with Gasteiger partial charge in [0.1, 0.15) is 5.75 Å². The van der Waals surface area contributed by atoms with E-state index in [2.05, 4.69) is 13.8 Å². The lowest BCUT2D eigenvalue weighted by molar-refractivity contribution is 0.185. The molecule has 0 saturated carbocycles.